The lowest BCUT2D eigenvalue weighted by atomic mass is 10.4. The van der Waals surface area contributed by atoms with Gasteiger partial charge in [0, 0.05) is 24.6 Å². The molecule has 0 aromatic heterocycles. The van der Waals surface area contributed by atoms with Crippen LogP contribution in [0.5, 0.6) is 0 Å². The van der Waals surface area contributed by atoms with Gasteiger partial charge in [-0.2, -0.15) is 16.1 Å². The van der Waals surface area contributed by atoms with Crippen LogP contribution in [-0.2, 0) is 14.8 Å². The van der Waals surface area contributed by atoms with E-state index in [4.69, 9.17) is 0 Å². The second-order valence-electron chi connectivity index (χ2n) is 5.70. The molecule has 1 saturated carbocycles. The minimum absolute atomic E-state index is 0.161. The molecule has 2 rings (SSSR count). The molecule has 0 unspecified atom stereocenters. The maximum atomic E-state index is 12.3. The summed E-state index contributed by atoms with van der Waals surface area (Å²) in [7, 11) is -2.18. The lowest BCUT2D eigenvalue weighted by Gasteiger charge is -2.17. The molecule has 1 fully saturated rings. The number of carbonyl (C=O) groups is 1. The fraction of sp³-hybridized carbons (Fsp3) is 0.562. The van der Waals surface area contributed by atoms with Crippen LogP contribution in [0.3, 0.4) is 0 Å². The number of nitrogens with one attached hydrogen (secondary N) is 1. The second-order valence-corrected chi connectivity index (χ2v) is 9.15. The quantitative estimate of drug-likeness (QED) is 0.725. The number of benzene rings is 1. The van der Waals surface area contributed by atoms with Crippen LogP contribution in [0.1, 0.15) is 25.7 Å². The minimum atomic E-state index is -3.61. The Morgan fingerprint density at radius 3 is 2.57 bits per heavy atom. The van der Waals surface area contributed by atoms with Crippen molar-refractivity contribution < 1.29 is 13.2 Å². The number of hydrogen-bond acceptors (Lipinski definition) is 4. The topological polar surface area (TPSA) is 66.5 Å². The molecule has 23 heavy (non-hydrogen) atoms. The zero-order chi connectivity index (χ0) is 16.7. The van der Waals surface area contributed by atoms with Crippen molar-refractivity contribution in [1.82, 2.24) is 9.62 Å². The van der Waals surface area contributed by atoms with Gasteiger partial charge in [0.2, 0.25) is 15.9 Å². The molecule has 1 aromatic carbocycles. The molecule has 1 aliphatic rings. The van der Waals surface area contributed by atoms with Gasteiger partial charge in [0.25, 0.3) is 0 Å². The predicted molar refractivity (Wildman–Crippen MR) is 94.0 cm³/mol. The van der Waals surface area contributed by atoms with Crippen LogP contribution >= 0.6 is 11.8 Å². The van der Waals surface area contributed by atoms with Gasteiger partial charge in [0.15, 0.2) is 0 Å². The highest BCUT2D eigenvalue weighted by Crippen LogP contribution is 2.28. The average molecular weight is 357 g/mol. The largest absolute Gasteiger partial charge is 0.354 e. The van der Waals surface area contributed by atoms with Crippen LogP contribution in [0.4, 0.5) is 0 Å². The first kappa shape index (κ1) is 18.3. The fourth-order valence-corrected chi connectivity index (χ4v) is 4.95. The van der Waals surface area contributed by atoms with E-state index in [1.807, 2.05) is 11.8 Å². The predicted octanol–water partition coefficient (Wildman–Crippen LogP) is 2.10. The number of rotatable bonds is 8. The average Bonchev–Trinajstić information content (AvgIpc) is 3.05. The summed E-state index contributed by atoms with van der Waals surface area (Å²) in [5, 5.41) is 3.52. The molecular formula is C16H24N2O3S2. The van der Waals surface area contributed by atoms with Crippen LogP contribution in [0, 0.1) is 0 Å². The molecule has 1 aliphatic carbocycles. The number of amides is 1. The van der Waals surface area contributed by atoms with Crippen LogP contribution in [0.2, 0.25) is 0 Å². The maximum absolute atomic E-state index is 12.3. The van der Waals surface area contributed by atoms with Crippen molar-refractivity contribution in [2.24, 2.45) is 0 Å². The summed E-state index contributed by atoms with van der Waals surface area (Å²) in [4.78, 5) is 12.1. The van der Waals surface area contributed by atoms with Gasteiger partial charge in [0.1, 0.15) is 0 Å². The van der Waals surface area contributed by atoms with E-state index in [2.05, 4.69) is 5.32 Å². The van der Waals surface area contributed by atoms with Crippen LogP contribution in [0.25, 0.3) is 0 Å². The minimum Gasteiger partial charge on any atom is -0.354 e. The van der Waals surface area contributed by atoms with E-state index in [0.717, 1.165) is 15.3 Å². The Labute approximate surface area is 142 Å². The SMILES string of the molecule is CN(CC(=O)NCCSC1CCCC1)S(=O)(=O)c1ccccc1. The Hall–Kier alpha value is -1.05. The zero-order valence-corrected chi connectivity index (χ0v) is 15.0. The molecule has 128 valence electrons. The van der Waals surface area contributed by atoms with E-state index in [1.54, 1.807) is 18.2 Å². The molecule has 0 aliphatic heterocycles. The van der Waals surface area contributed by atoms with Gasteiger partial charge in [-0.25, -0.2) is 8.42 Å². The third-order valence-corrected chi connectivity index (χ3v) is 7.10. The molecule has 0 spiro atoms. The lowest BCUT2D eigenvalue weighted by Crippen LogP contribution is -2.39. The third kappa shape index (κ3) is 5.51. The van der Waals surface area contributed by atoms with Crippen molar-refractivity contribution in [2.45, 2.75) is 35.8 Å². The van der Waals surface area contributed by atoms with E-state index in [-0.39, 0.29) is 17.3 Å². The number of hydrogen-bond donors (Lipinski definition) is 1. The molecule has 0 saturated heterocycles. The Balaban J connectivity index is 1.73. The first-order chi connectivity index (χ1) is 11.0. The molecule has 0 atom stereocenters. The normalized spacial score (nSPS) is 15.9. The summed E-state index contributed by atoms with van der Waals surface area (Å²) in [5.74, 6) is 0.616. The van der Waals surface area contributed by atoms with E-state index in [9.17, 15) is 13.2 Å². The van der Waals surface area contributed by atoms with Gasteiger partial charge in [-0.15, -0.1) is 0 Å². The number of thioether (sulfide) groups is 1. The summed E-state index contributed by atoms with van der Waals surface area (Å²) in [6.07, 6.45) is 5.17. The highest BCUT2D eigenvalue weighted by molar-refractivity contribution is 7.99. The molecule has 0 radical (unpaired) electrons. The summed E-state index contributed by atoms with van der Waals surface area (Å²) >= 11 is 1.90. The summed E-state index contributed by atoms with van der Waals surface area (Å²) in [5.41, 5.74) is 0. The van der Waals surface area contributed by atoms with Crippen molar-refractivity contribution in [3.8, 4) is 0 Å². The van der Waals surface area contributed by atoms with Gasteiger partial charge in [0.05, 0.1) is 11.4 Å². The second kappa shape index (κ2) is 8.70. The molecule has 7 heteroatoms. The number of sulfonamides is 1. The first-order valence-electron chi connectivity index (χ1n) is 7.90. The monoisotopic (exact) mass is 356 g/mol. The van der Waals surface area contributed by atoms with Crippen LogP contribution < -0.4 is 5.32 Å². The van der Waals surface area contributed by atoms with Gasteiger partial charge < -0.3 is 5.32 Å². The number of likely N-dealkylation sites (N-methyl/N-ethyl adjacent to an activating group) is 1. The van der Waals surface area contributed by atoms with Crippen molar-refractivity contribution in [1.29, 1.82) is 0 Å². The highest BCUT2D eigenvalue weighted by Gasteiger charge is 2.22. The van der Waals surface area contributed by atoms with Gasteiger partial charge in [-0.05, 0) is 25.0 Å². The number of carbonyl (C=O) groups excluding carboxylic acids is 1. The molecule has 1 aromatic rings. The van der Waals surface area contributed by atoms with Crippen molar-refractivity contribution in [2.75, 3.05) is 25.9 Å². The Bertz CT molecular complexity index is 599. The molecular weight excluding hydrogens is 332 g/mol. The molecule has 5 nitrogen and oxygen atoms in total. The third-order valence-electron chi connectivity index (χ3n) is 3.90. The van der Waals surface area contributed by atoms with E-state index in [1.165, 1.54) is 44.9 Å². The summed E-state index contributed by atoms with van der Waals surface area (Å²) in [6.45, 7) is 0.421. The molecule has 0 heterocycles. The Morgan fingerprint density at radius 2 is 1.91 bits per heavy atom. The summed E-state index contributed by atoms with van der Waals surface area (Å²) in [6, 6.07) is 8.15. The van der Waals surface area contributed by atoms with Crippen molar-refractivity contribution in [3.05, 3.63) is 30.3 Å². The lowest BCUT2D eigenvalue weighted by molar-refractivity contribution is -0.121. The van der Waals surface area contributed by atoms with Crippen LogP contribution in [0.15, 0.2) is 35.2 Å². The first-order valence-corrected chi connectivity index (χ1v) is 10.4. The van der Waals surface area contributed by atoms with Gasteiger partial charge >= 0.3 is 0 Å². The molecule has 0 bridgehead atoms. The smallest absolute Gasteiger partial charge is 0.243 e. The van der Waals surface area contributed by atoms with E-state index in [0.29, 0.717) is 6.54 Å². The van der Waals surface area contributed by atoms with Gasteiger partial charge in [-0.1, -0.05) is 31.0 Å². The van der Waals surface area contributed by atoms with Crippen LogP contribution in [-0.4, -0.2) is 49.8 Å². The van der Waals surface area contributed by atoms with Gasteiger partial charge in [-0.3, -0.25) is 4.79 Å². The highest BCUT2D eigenvalue weighted by atomic mass is 32.2. The Kier molecular flexibility index (Phi) is 6.92. The van der Waals surface area contributed by atoms with E-state index >= 15 is 0 Å². The maximum Gasteiger partial charge on any atom is 0.243 e. The summed E-state index contributed by atoms with van der Waals surface area (Å²) < 4.78 is 25.7. The fourth-order valence-electron chi connectivity index (χ4n) is 2.59. The Morgan fingerprint density at radius 1 is 1.26 bits per heavy atom. The van der Waals surface area contributed by atoms with E-state index < -0.39 is 10.0 Å². The molecule has 1 amide bonds. The molecule has 1 N–H and O–H groups in total. The standard InChI is InChI=1S/C16H24N2O3S2/c1-18(23(20,21)15-9-3-2-4-10-15)13-16(19)17-11-12-22-14-7-5-6-8-14/h2-4,9-10,14H,5-8,11-13H2,1H3,(H,17,19). The number of nitrogens with zero attached hydrogens (tertiary/aromatic N) is 1. The zero-order valence-electron chi connectivity index (χ0n) is 13.4. The van der Waals surface area contributed by atoms with Crippen molar-refractivity contribution in [3.63, 3.8) is 0 Å². The van der Waals surface area contributed by atoms with Crippen molar-refractivity contribution >= 4 is 27.7 Å².